The molecule has 2 aromatic rings. The van der Waals surface area contributed by atoms with E-state index in [1.807, 2.05) is 0 Å². The predicted octanol–water partition coefficient (Wildman–Crippen LogP) is 4.27. The number of non-ortho nitro benzene ring substituents is 1. The van der Waals surface area contributed by atoms with E-state index in [1.54, 1.807) is 24.3 Å². The van der Waals surface area contributed by atoms with Gasteiger partial charge in [0.15, 0.2) is 0 Å². The van der Waals surface area contributed by atoms with E-state index in [9.17, 15) is 10.1 Å². The van der Waals surface area contributed by atoms with Crippen molar-refractivity contribution in [2.24, 2.45) is 10.7 Å². The average molecular weight is 340 g/mol. The summed E-state index contributed by atoms with van der Waals surface area (Å²) in [6.07, 6.45) is 0. The monoisotopic (exact) mass is 339 g/mol. The van der Waals surface area contributed by atoms with Gasteiger partial charge >= 0.3 is 0 Å². The first-order valence-electron chi connectivity index (χ1n) is 6.10. The predicted molar refractivity (Wildman–Crippen MR) is 86.6 cm³/mol. The summed E-state index contributed by atoms with van der Waals surface area (Å²) in [6.45, 7) is 0. The Labute approximate surface area is 136 Å². The molecule has 0 heterocycles. The van der Waals surface area contributed by atoms with Crippen LogP contribution in [0, 0.1) is 10.1 Å². The van der Waals surface area contributed by atoms with Gasteiger partial charge in [0.25, 0.3) is 5.69 Å². The Hall–Kier alpha value is -2.31. The molecule has 22 heavy (non-hydrogen) atoms. The third-order valence-corrected chi connectivity index (χ3v) is 3.07. The topological polar surface area (TPSA) is 90.8 Å². The van der Waals surface area contributed by atoms with Crippen molar-refractivity contribution in [3.05, 3.63) is 57.6 Å². The minimum atomic E-state index is -0.537. The summed E-state index contributed by atoms with van der Waals surface area (Å²) < 4.78 is 5.57. The van der Waals surface area contributed by atoms with Crippen LogP contribution in [0.25, 0.3) is 0 Å². The van der Waals surface area contributed by atoms with Crippen LogP contribution in [0.3, 0.4) is 0 Å². The van der Waals surface area contributed by atoms with Crippen molar-refractivity contribution in [3.63, 3.8) is 0 Å². The van der Waals surface area contributed by atoms with Gasteiger partial charge in [0.05, 0.1) is 22.6 Å². The number of benzene rings is 2. The molecule has 6 nitrogen and oxygen atoms in total. The second kappa shape index (κ2) is 7.11. The summed E-state index contributed by atoms with van der Waals surface area (Å²) >= 11 is 11.3. The summed E-state index contributed by atoms with van der Waals surface area (Å²) in [7, 11) is 0. The van der Waals surface area contributed by atoms with E-state index in [0.29, 0.717) is 10.8 Å². The van der Waals surface area contributed by atoms with Crippen molar-refractivity contribution in [1.29, 1.82) is 0 Å². The van der Waals surface area contributed by atoms with Crippen molar-refractivity contribution in [1.82, 2.24) is 0 Å². The number of ether oxygens (including phenoxy) is 1. The molecule has 2 N–H and O–H groups in total. The first kappa shape index (κ1) is 16.1. The van der Waals surface area contributed by atoms with Gasteiger partial charge < -0.3 is 10.5 Å². The van der Waals surface area contributed by atoms with Gasteiger partial charge in [-0.15, -0.1) is 11.6 Å². The smallest absolute Gasteiger partial charge is 0.275 e. The summed E-state index contributed by atoms with van der Waals surface area (Å²) in [5.74, 6) is 0.929. The first-order valence-corrected chi connectivity index (χ1v) is 7.01. The van der Waals surface area contributed by atoms with Crippen molar-refractivity contribution in [3.8, 4) is 11.5 Å². The third-order valence-electron chi connectivity index (χ3n) is 2.55. The minimum Gasteiger partial charge on any atom is -0.457 e. The number of alkyl halides is 1. The van der Waals surface area contributed by atoms with E-state index in [1.165, 1.54) is 18.2 Å². The second-order valence-corrected chi connectivity index (χ2v) is 4.94. The number of amidine groups is 1. The molecule has 0 saturated carbocycles. The molecule has 2 aromatic carbocycles. The van der Waals surface area contributed by atoms with Crippen LogP contribution in [0.15, 0.2) is 47.5 Å². The van der Waals surface area contributed by atoms with Gasteiger partial charge in [0.2, 0.25) is 0 Å². The Balaban J connectivity index is 2.37. The number of aliphatic imine (C=N–C) groups is 1. The van der Waals surface area contributed by atoms with Gasteiger partial charge in [-0.25, -0.2) is 4.99 Å². The zero-order valence-electron chi connectivity index (χ0n) is 11.2. The molecular formula is C14H11Cl2N3O3. The van der Waals surface area contributed by atoms with E-state index in [4.69, 9.17) is 33.7 Å². The van der Waals surface area contributed by atoms with Crippen molar-refractivity contribution >= 4 is 40.4 Å². The van der Waals surface area contributed by atoms with Crippen molar-refractivity contribution in [2.75, 3.05) is 5.88 Å². The number of nitro groups is 1. The van der Waals surface area contributed by atoms with Crippen molar-refractivity contribution < 1.29 is 9.66 Å². The van der Waals surface area contributed by atoms with E-state index >= 15 is 0 Å². The van der Waals surface area contributed by atoms with E-state index in [0.717, 1.165) is 0 Å². The zero-order valence-corrected chi connectivity index (χ0v) is 12.7. The standard InChI is InChI=1S/C14H11Cl2N3O3/c15-8-14(17)18-10-5-11(19(20)21)7-13(6-10)22-12-3-1-9(16)2-4-12/h1-7H,8H2,(H2,17,18). The molecule has 0 atom stereocenters. The zero-order chi connectivity index (χ0) is 16.1. The van der Waals surface area contributed by atoms with E-state index in [2.05, 4.69) is 4.99 Å². The number of halogens is 2. The molecule has 0 spiro atoms. The molecule has 0 aliphatic rings. The van der Waals surface area contributed by atoms with Crippen LogP contribution in [0.5, 0.6) is 11.5 Å². The fourth-order valence-corrected chi connectivity index (χ4v) is 1.82. The maximum Gasteiger partial charge on any atom is 0.275 e. The SMILES string of the molecule is NC(CCl)=Nc1cc(Oc2ccc(Cl)cc2)cc([N+](=O)[O-])c1. The molecule has 2 rings (SSSR count). The maximum absolute atomic E-state index is 11.0. The maximum atomic E-state index is 11.0. The average Bonchev–Trinajstić information content (AvgIpc) is 2.49. The minimum absolute atomic E-state index is 0.0239. The molecule has 0 aliphatic heterocycles. The Morgan fingerprint density at radius 1 is 1.23 bits per heavy atom. The molecule has 0 unspecified atom stereocenters. The summed E-state index contributed by atoms with van der Waals surface area (Å²) in [4.78, 5) is 14.4. The van der Waals surface area contributed by atoms with E-state index < -0.39 is 4.92 Å². The van der Waals surface area contributed by atoms with Gasteiger partial charge in [-0.3, -0.25) is 10.1 Å². The van der Waals surface area contributed by atoms with Crippen LogP contribution in [0.1, 0.15) is 0 Å². The number of nitrogens with two attached hydrogens (primary N) is 1. The van der Waals surface area contributed by atoms with Gasteiger partial charge in [-0.05, 0) is 24.3 Å². The Morgan fingerprint density at radius 2 is 1.91 bits per heavy atom. The van der Waals surface area contributed by atoms with Gasteiger partial charge in [-0.1, -0.05) is 11.6 Å². The van der Waals surface area contributed by atoms with Gasteiger partial charge in [0.1, 0.15) is 17.3 Å². The summed E-state index contributed by atoms with van der Waals surface area (Å²) in [5.41, 5.74) is 5.67. The van der Waals surface area contributed by atoms with Crippen LogP contribution in [-0.4, -0.2) is 16.6 Å². The molecule has 0 aliphatic carbocycles. The normalized spacial score (nSPS) is 11.3. The fourth-order valence-electron chi connectivity index (χ4n) is 1.63. The number of nitrogens with zero attached hydrogens (tertiary/aromatic N) is 2. The lowest BCUT2D eigenvalue weighted by molar-refractivity contribution is -0.384. The lowest BCUT2D eigenvalue weighted by atomic mass is 10.2. The molecule has 8 heteroatoms. The molecule has 0 radical (unpaired) electrons. The van der Waals surface area contributed by atoms with Crippen LogP contribution < -0.4 is 10.5 Å². The van der Waals surface area contributed by atoms with Crippen LogP contribution in [-0.2, 0) is 0 Å². The highest BCUT2D eigenvalue weighted by atomic mass is 35.5. The molecule has 0 bridgehead atoms. The quantitative estimate of drug-likeness (QED) is 0.289. The van der Waals surface area contributed by atoms with Crippen LogP contribution >= 0.6 is 23.2 Å². The Morgan fingerprint density at radius 3 is 2.50 bits per heavy atom. The summed E-state index contributed by atoms with van der Waals surface area (Å²) in [6, 6.07) is 10.7. The largest absolute Gasteiger partial charge is 0.457 e. The van der Waals surface area contributed by atoms with E-state index in [-0.39, 0.29) is 28.8 Å². The molecular weight excluding hydrogens is 329 g/mol. The first-order chi connectivity index (χ1) is 10.5. The highest BCUT2D eigenvalue weighted by Crippen LogP contribution is 2.31. The molecule has 0 saturated heterocycles. The highest BCUT2D eigenvalue weighted by molar-refractivity contribution is 6.30. The van der Waals surface area contributed by atoms with Crippen LogP contribution in [0.2, 0.25) is 5.02 Å². The number of hydrogen-bond acceptors (Lipinski definition) is 4. The molecule has 0 fully saturated rings. The lowest BCUT2D eigenvalue weighted by Gasteiger charge is -2.07. The van der Waals surface area contributed by atoms with Gasteiger partial charge in [-0.2, -0.15) is 0 Å². The lowest BCUT2D eigenvalue weighted by Crippen LogP contribution is -2.12. The fraction of sp³-hybridized carbons (Fsp3) is 0.0714. The molecule has 114 valence electrons. The second-order valence-electron chi connectivity index (χ2n) is 4.23. The molecule has 0 aromatic heterocycles. The highest BCUT2D eigenvalue weighted by Gasteiger charge is 2.11. The van der Waals surface area contributed by atoms with Crippen LogP contribution in [0.4, 0.5) is 11.4 Å². The Kier molecular flexibility index (Phi) is 5.19. The third kappa shape index (κ3) is 4.34. The van der Waals surface area contributed by atoms with Crippen molar-refractivity contribution in [2.45, 2.75) is 0 Å². The molecule has 0 amide bonds. The number of hydrogen-bond donors (Lipinski definition) is 1. The summed E-state index contributed by atoms with van der Waals surface area (Å²) in [5, 5.41) is 11.5. The number of nitro benzene ring substituents is 1. The number of rotatable bonds is 5. The van der Waals surface area contributed by atoms with Gasteiger partial charge in [0, 0.05) is 17.2 Å². The Bertz CT molecular complexity index is 718.